The van der Waals surface area contributed by atoms with Crippen LogP contribution in [0.2, 0.25) is 0 Å². The zero-order valence-corrected chi connectivity index (χ0v) is 13.6. The van der Waals surface area contributed by atoms with Crippen LogP contribution >= 0.6 is 27.3 Å². The molecule has 0 unspecified atom stereocenters. The van der Waals surface area contributed by atoms with Gasteiger partial charge in [-0.25, -0.2) is 4.98 Å². The minimum absolute atomic E-state index is 0.472. The van der Waals surface area contributed by atoms with Crippen LogP contribution in [-0.4, -0.2) is 12.1 Å². The predicted octanol–water partition coefficient (Wildman–Crippen LogP) is 4.24. The van der Waals surface area contributed by atoms with Crippen LogP contribution in [0, 0.1) is 13.8 Å². The van der Waals surface area contributed by atoms with E-state index in [1.807, 2.05) is 25.1 Å². The number of aryl methyl sites for hydroxylation is 2. The van der Waals surface area contributed by atoms with Crippen molar-refractivity contribution in [1.29, 1.82) is 0 Å². The summed E-state index contributed by atoms with van der Waals surface area (Å²) in [4.78, 5) is 5.71. The summed E-state index contributed by atoms with van der Waals surface area (Å²) in [6.45, 7) is 4.56. The largest absolute Gasteiger partial charge is 0.493 e. The summed E-state index contributed by atoms with van der Waals surface area (Å²) in [5.41, 5.74) is 2.15. The fourth-order valence-electron chi connectivity index (χ4n) is 1.73. The number of hydrogen-bond donors (Lipinski definition) is 0. The third kappa shape index (κ3) is 3.28. The number of aromatic nitrogens is 1. The molecule has 0 spiro atoms. The lowest BCUT2D eigenvalue weighted by Crippen LogP contribution is -2.00. The molecule has 1 heterocycles. The van der Waals surface area contributed by atoms with Crippen molar-refractivity contribution < 1.29 is 9.47 Å². The number of benzene rings is 1. The molecule has 0 radical (unpaired) electrons. The first-order valence-electron chi connectivity index (χ1n) is 5.93. The van der Waals surface area contributed by atoms with Crippen LogP contribution < -0.4 is 9.47 Å². The Kier molecular flexibility index (Phi) is 4.82. The molecule has 0 aliphatic carbocycles. The number of alkyl halides is 1. The van der Waals surface area contributed by atoms with Crippen molar-refractivity contribution in [3.05, 3.63) is 39.3 Å². The fourth-order valence-corrected chi connectivity index (χ4v) is 3.01. The maximum Gasteiger partial charge on any atom is 0.165 e. The SMILES string of the molecule is COc1cccc(CBr)c1OCc1nc(C)c(C)s1. The Hall–Kier alpha value is -1.07. The van der Waals surface area contributed by atoms with E-state index in [-0.39, 0.29) is 0 Å². The Balaban J connectivity index is 2.18. The maximum atomic E-state index is 5.90. The molecule has 3 nitrogen and oxygen atoms in total. The highest BCUT2D eigenvalue weighted by molar-refractivity contribution is 9.08. The van der Waals surface area contributed by atoms with E-state index in [0.717, 1.165) is 33.1 Å². The number of nitrogens with zero attached hydrogens (tertiary/aromatic N) is 1. The minimum atomic E-state index is 0.472. The summed E-state index contributed by atoms with van der Waals surface area (Å²) < 4.78 is 11.2. The Morgan fingerprint density at radius 2 is 2.11 bits per heavy atom. The highest BCUT2D eigenvalue weighted by Gasteiger charge is 2.11. The Morgan fingerprint density at radius 3 is 2.68 bits per heavy atom. The Bertz CT molecular complexity index is 527. The van der Waals surface area contributed by atoms with Gasteiger partial charge in [-0.2, -0.15) is 0 Å². The summed E-state index contributed by atoms with van der Waals surface area (Å²) in [5, 5.41) is 1.72. The number of para-hydroxylation sites is 1. The zero-order valence-electron chi connectivity index (χ0n) is 11.2. The quantitative estimate of drug-likeness (QED) is 0.762. The highest BCUT2D eigenvalue weighted by atomic mass is 79.9. The molecule has 19 heavy (non-hydrogen) atoms. The Morgan fingerprint density at radius 1 is 1.32 bits per heavy atom. The molecule has 2 rings (SSSR count). The van der Waals surface area contributed by atoms with E-state index in [2.05, 4.69) is 27.8 Å². The molecular formula is C14H16BrNO2S. The van der Waals surface area contributed by atoms with Crippen LogP contribution in [0.25, 0.3) is 0 Å². The lowest BCUT2D eigenvalue weighted by molar-refractivity contribution is 0.281. The average molecular weight is 342 g/mol. The van der Waals surface area contributed by atoms with Gasteiger partial charge in [-0.3, -0.25) is 0 Å². The van der Waals surface area contributed by atoms with Gasteiger partial charge in [0.2, 0.25) is 0 Å². The number of thiazole rings is 1. The van der Waals surface area contributed by atoms with E-state index < -0.39 is 0 Å². The summed E-state index contributed by atoms with van der Waals surface area (Å²) in [6.07, 6.45) is 0. The van der Waals surface area contributed by atoms with Gasteiger partial charge in [-0.05, 0) is 19.9 Å². The molecule has 0 atom stereocenters. The van der Waals surface area contributed by atoms with Crippen molar-refractivity contribution in [3.8, 4) is 11.5 Å². The van der Waals surface area contributed by atoms with Crippen LogP contribution in [0.3, 0.4) is 0 Å². The van der Waals surface area contributed by atoms with Gasteiger partial charge in [0.25, 0.3) is 0 Å². The second kappa shape index (κ2) is 6.39. The molecule has 0 aliphatic rings. The molecular weight excluding hydrogens is 326 g/mol. The van der Waals surface area contributed by atoms with E-state index in [1.54, 1.807) is 18.4 Å². The molecule has 0 N–H and O–H groups in total. The molecule has 0 saturated heterocycles. The van der Waals surface area contributed by atoms with Gasteiger partial charge in [-0.15, -0.1) is 11.3 Å². The smallest absolute Gasteiger partial charge is 0.165 e. The van der Waals surface area contributed by atoms with Crippen molar-refractivity contribution >= 4 is 27.3 Å². The molecule has 1 aromatic heterocycles. The summed E-state index contributed by atoms with van der Waals surface area (Å²) in [6, 6.07) is 5.88. The molecule has 0 amide bonds. The Labute approximate surface area is 125 Å². The molecule has 0 aliphatic heterocycles. The second-order valence-electron chi connectivity index (χ2n) is 4.12. The van der Waals surface area contributed by atoms with Gasteiger partial charge in [0.05, 0.1) is 12.8 Å². The number of hydrogen-bond acceptors (Lipinski definition) is 4. The molecule has 0 bridgehead atoms. The second-order valence-corrected chi connectivity index (χ2v) is 5.97. The number of halogens is 1. The van der Waals surface area contributed by atoms with E-state index in [9.17, 15) is 0 Å². The maximum absolute atomic E-state index is 5.90. The van der Waals surface area contributed by atoms with Crippen molar-refractivity contribution in [2.24, 2.45) is 0 Å². The van der Waals surface area contributed by atoms with E-state index in [0.29, 0.717) is 6.61 Å². The summed E-state index contributed by atoms with van der Waals surface area (Å²) >= 11 is 5.14. The van der Waals surface area contributed by atoms with E-state index in [1.165, 1.54) is 4.88 Å². The lowest BCUT2D eigenvalue weighted by Gasteiger charge is -2.12. The zero-order chi connectivity index (χ0) is 13.8. The monoisotopic (exact) mass is 341 g/mol. The van der Waals surface area contributed by atoms with Crippen LogP contribution in [-0.2, 0) is 11.9 Å². The number of rotatable bonds is 5. The molecule has 1 aromatic carbocycles. The third-order valence-electron chi connectivity index (χ3n) is 2.84. The van der Waals surface area contributed by atoms with Crippen LogP contribution in [0.15, 0.2) is 18.2 Å². The highest BCUT2D eigenvalue weighted by Crippen LogP contribution is 2.33. The van der Waals surface area contributed by atoms with Gasteiger partial charge in [0.15, 0.2) is 11.5 Å². The molecule has 102 valence electrons. The lowest BCUT2D eigenvalue weighted by atomic mass is 10.2. The van der Waals surface area contributed by atoms with Gasteiger partial charge >= 0.3 is 0 Å². The van der Waals surface area contributed by atoms with E-state index in [4.69, 9.17) is 9.47 Å². The third-order valence-corrected chi connectivity index (χ3v) is 4.49. The van der Waals surface area contributed by atoms with Crippen LogP contribution in [0.5, 0.6) is 11.5 Å². The van der Waals surface area contributed by atoms with Crippen molar-refractivity contribution in [3.63, 3.8) is 0 Å². The summed E-state index contributed by atoms with van der Waals surface area (Å²) in [5.74, 6) is 1.54. The van der Waals surface area contributed by atoms with Gasteiger partial charge in [0.1, 0.15) is 11.6 Å². The summed E-state index contributed by atoms with van der Waals surface area (Å²) in [7, 11) is 1.65. The van der Waals surface area contributed by atoms with Crippen molar-refractivity contribution in [2.75, 3.05) is 7.11 Å². The van der Waals surface area contributed by atoms with E-state index >= 15 is 0 Å². The van der Waals surface area contributed by atoms with Crippen LogP contribution in [0.1, 0.15) is 21.1 Å². The van der Waals surface area contributed by atoms with Gasteiger partial charge in [-0.1, -0.05) is 28.1 Å². The average Bonchev–Trinajstić information content (AvgIpc) is 2.75. The molecule has 0 saturated carbocycles. The first kappa shape index (κ1) is 14.3. The predicted molar refractivity (Wildman–Crippen MR) is 81.5 cm³/mol. The fraction of sp³-hybridized carbons (Fsp3) is 0.357. The van der Waals surface area contributed by atoms with Crippen LogP contribution in [0.4, 0.5) is 0 Å². The first-order chi connectivity index (χ1) is 9.15. The molecule has 5 heteroatoms. The normalized spacial score (nSPS) is 10.5. The van der Waals surface area contributed by atoms with Gasteiger partial charge < -0.3 is 9.47 Å². The molecule has 2 aromatic rings. The molecule has 0 fully saturated rings. The topological polar surface area (TPSA) is 31.4 Å². The van der Waals surface area contributed by atoms with Gasteiger partial charge in [0, 0.05) is 15.8 Å². The minimum Gasteiger partial charge on any atom is -0.493 e. The number of methoxy groups -OCH3 is 1. The number of ether oxygens (including phenoxy) is 2. The first-order valence-corrected chi connectivity index (χ1v) is 7.87. The van der Waals surface area contributed by atoms with Crippen molar-refractivity contribution in [1.82, 2.24) is 4.98 Å². The standard InChI is InChI=1S/C14H16BrNO2S/c1-9-10(2)19-13(16-9)8-18-14-11(7-15)5-4-6-12(14)17-3/h4-6H,7-8H2,1-3H3. The van der Waals surface area contributed by atoms with Crippen molar-refractivity contribution in [2.45, 2.75) is 25.8 Å².